The summed E-state index contributed by atoms with van der Waals surface area (Å²) < 4.78 is 13.8. The Morgan fingerprint density at radius 2 is 1.79 bits per heavy atom. The van der Waals surface area contributed by atoms with Crippen LogP contribution in [0.1, 0.15) is 15.9 Å². The second-order valence-corrected chi connectivity index (χ2v) is 4.36. The molecule has 2 rings (SSSR count). The van der Waals surface area contributed by atoms with Gasteiger partial charge < -0.3 is 10.0 Å². The van der Waals surface area contributed by atoms with Crippen molar-refractivity contribution in [1.29, 1.82) is 0 Å². The monoisotopic (exact) mass is 259 g/mol. The Bertz CT molecular complexity index is 608. The molecule has 0 aliphatic carbocycles. The molecule has 98 valence electrons. The maximum absolute atomic E-state index is 13.8. The van der Waals surface area contributed by atoms with Crippen LogP contribution in [0.5, 0.6) is 5.75 Å². The molecule has 2 aromatic rings. The molecule has 0 bridgehead atoms. The highest BCUT2D eigenvalue weighted by Gasteiger charge is 2.17. The summed E-state index contributed by atoms with van der Waals surface area (Å²) in [5.41, 5.74) is 1.38. The molecule has 4 heteroatoms. The Hall–Kier alpha value is -2.36. The highest BCUT2D eigenvalue weighted by atomic mass is 19.1. The number of halogens is 1. The van der Waals surface area contributed by atoms with Crippen LogP contribution in [0.15, 0.2) is 42.5 Å². The van der Waals surface area contributed by atoms with Gasteiger partial charge in [0.2, 0.25) is 0 Å². The largest absolute Gasteiger partial charge is 0.508 e. The topological polar surface area (TPSA) is 40.5 Å². The maximum Gasteiger partial charge on any atom is 0.260 e. The average Bonchev–Trinajstić information content (AvgIpc) is 2.38. The summed E-state index contributed by atoms with van der Waals surface area (Å²) in [6.07, 6.45) is 0. The van der Waals surface area contributed by atoms with E-state index in [1.54, 1.807) is 32.2 Å². The molecule has 0 spiro atoms. The summed E-state index contributed by atoms with van der Waals surface area (Å²) >= 11 is 0. The van der Waals surface area contributed by atoms with Gasteiger partial charge in [-0.15, -0.1) is 0 Å². The van der Waals surface area contributed by atoms with Gasteiger partial charge in [0.25, 0.3) is 5.91 Å². The molecule has 0 unspecified atom stereocenters. The number of aryl methyl sites for hydroxylation is 1. The molecule has 1 amide bonds. The Morgan fingerprint density at radius 3 is 2.37 bits per heavy atom. The molecule has 3 nitrogen and oxygen atoms in total. The molecule has 19 heavy (non-hydrogen) atoms. The van der Waals surface area contributed by atoms with E-state index in [9.17, 15) is 14.3 Å². The van der Waals surface area contributed by atoms with E-state index in [0.717, 1.165) is 5.56 Å². The van der Waals surface area contributed by atoms with Crippen LogP contribution in [0, 0.1) is 12.7 Å². The number of benzene rings is 2. The van der Waals surface area contributed by atoms with Crippen molar-refractivity contribution in [3.05, 3.63) is 59.4 Å². The quantitative estimate of drug-likeness (QED) is 0.900. The summed E-state index contributed by atoms with van der Waals surface area (Å²) in [4.78, 5) is 13.5. The normalized spacial score (nSPS) is 10.3. The van der Waals surface area contributed by atoms with Crippen LogP contribution in [0.4, 0.5) is 10.1 Å². The number of rotatable bonds is 2. The Morgan fingerprint density at radius 1 is 1.16 bits per heavy atom. The van der Waals surface area contributed by atoms with E-state index in [1.165, 1.54) is 29.2 Å². The molecule has 0 radical (unpaired) electrons. The smallest absolute Gasteiger partial charge is 0.260 e. The van der Waals surface area contributed by atoms with E-state index in [1.807, 2.05) is 0 Å². The van der Waals surface area contributed by atoms with Crippen LogP contribution in [-0.2, 0) is 0 Å². The third-order valence-corrected chi connectivity index (χ3v) is 2.90. The highest BCUT2D eigenvalue weighted by molar-refractivity contribution is 6.05. The number of aromatic hydroxyl groups is 1. The molecule has 0 atom stereocenters. The minimum absolute atomic E-state index is 0.0289. The van der Waals surface area contributed by atoms with E-state index in [-0.39, 0.29) is 11.3 Å². The van der Waals surface area contributed by atoms with Gasteiger partial charge >= 0.3 is 0 Å². The van der Waals surface area contributed by atoms with Gasteiger partial charge in [-0.3, -0.25) is 4.79 Å². The highest BCUT2D eigenvalue weighted by Crippen LogP contribution is 2.20. The predicted molar refractivity (Wildman–Crippen MR) is 72.0 cm³/mol. The second-order valence-electron chi connectivity index (χ2n) is 4.36. The Kier molecular flexibility index (Phi) is 3.51. The van der Waals surface area contributed by atoms with Gasteiger partial charge in [0, 0.05) is 12.7 Å². The standard InChI is InChI=1S/C15H14FNO2/c1-10-3-8-13(14(16)9-10)15(19)17(2)11-4-6-12(18)7-5-11/h3-9,18H,1-2H3. The lowest BCUT2D eigenvalue weighted by Crippen LogP contribution is -2.27. The summed E-state index contributed by atoms with van der Waals surface area (Å²) in [6, 6.07) is 10.6. The lowest BCUT2D eigenvalue weighted by atomic mass is 10.1. The van der Waals surface area contributed by atoms with Gasteiger partial charge in [0.15, 0.2) is 0 Å². The molecule has 0 fully saturated rings. The molecule has 0 saturated carbocycles. The van der Waals surface area contributed by atoms with Gasteiger partial charge in [-0.1, -0.05) is 6.07 Å². The zero-order valence-corrected chi connectivity index (χ0v) is 10.7. The fourth-order valence-electron chi connectivity index (χ4n) is 1.77. The van der Waals surface area contributed by atoms with Crippen molar-refractivity contribution in [2.24, 2.45) is 0 Å². The van der Waals surface area contributed by atoms with E-state index in [0.29, 0.717) is 5.69 Å². The number of amides is 1. The van der Waals surface area contributed by atoms with Crippen LogP contribution in [0.25, 0.3) is 0 Å². The number of phenolic OH excluding ortho intramolecular Hbond substituents is 1. The number of hydrogen-bond donors (Lipinski definition) is 1. The van der Waals surface area contributed by atoms with E-state index >= 15 is 0 Å². The van der Waals surface area contributed by atoms with Crippen molar-refractivity contribution < 1.29 is 14.3 Å². The summed E-state index contributed by atoms with van der Waals surface area (Å²) in [7, 11) is 1.56. The predicted octanol–water partition coefficient (Wildman–Crippen LogP) is 3.12. The van der Waals surface area contributed by atoms with Gasteiger partial charge in [0.1, 0.15) is 11.6 Å². The summed E-state index contributed by atoms with van der Waals surface area (Å²) in [5, 5.41) is 9.21. The van der Waals surface area contributed by atoms with Crippen LogP contribution >= 0.6 is 0 Å². The maximum atomic E-state index is 13.8. The van der Waals surface area contributed by atoms with Crippen molar-refractivity contribution in [2.45, 2.75) is 6.92 Å². The summed E-state index contributed by atoms with van der Waals surface area (Å²) in [5.74, 6) is -0.843. The van der Waals surface area contributed by atoms with Crippen LogP contribution in [0.3, 0.4) is 0 Å². The third-order valence-electron chi connectivity index (χ3n) is 2.90. The first kappa shape index (κ1) is 13.1. The lowest BCUT2D eigenvalue weighted by molar-refractivity contribution is 0.0989. The van der Waals surface area contributed by atoms with Crippen LogP contribution < -0.4 is 4.90 Å². The van der Waals surface area contributed by atoms with Crippen molar-refractivity contribution in [1.82, 2.24) is 0 Å². The minimum Gasteiger partial charge on any atom is -0.508 e. The molecular formula is C15H14FNO2. The number of anilines is 1. The van der Waals surface area contributed by atoms with E-state index in [2.05, 4.69) is 0 Å². The van der Waals surface area contributed by atoms with Crippen molar-refractivity contribution >= 4 is 11.6 Å². The first-order chi connectivity index (χ1) is 8.99. The Labute approximate surface area is 110 Å². The summed E-state index contributed by atoms with van der Waals surface area (Å²) in [6.45, 7) is 1.76. The molecule has 0 aromatic heterocycles. The van der Waals surface area contributed by atoms with E-state index < -0.39 is 11.7 Å². The minimum atomic E-state index is -0.532. The number of nitrogens with zero attached hydrogens (tertiary/aromatic N) is 1. The number of carbonyl (C=O) groups is 1. The SMILES string of the molecule is Cc1ccc(C(=O)N(C)c2ccc(O)cc2)c(F)c1. The van der Waals surface area contributed by atoms with Crippen molar-refractivity contribution in [2.75, 3.05) is 11.9 Å². The molecule has 1 N–H and O–H groups in total. The van der Waals surface area contributed by atoms with Gasteiger partial charge in [-0.2, -0.15) is 0 Å². The van der Waals surface area contributed by atoms with Gasteiger partial charge in [0.05, 0.1) is 5.56 Å². The van der Waals surface area contributed by atoms with E-state index in [4.69, 9.17) is 0 Å². The zero-order chi connectivity index (χ0) is 14.0. The molecule has 0 aliphatic heterocycles. The average molecular weight is 259 g/mol. The fourth-order valence-corrected chi connectivity index (χ4v) is 1.77. The third kappa shape index (κ3) is 2.73. The number of phenols is 1. The fraction of sp³-hybridized carbons (Fsp3) is 0.133. The molecule has 0 heterocycles. The molecule has 0 saturated heterocycles. The number of carbonyl (C=O) groups excluding carboxylic acids is 1. The first-order valence-electron chi connectivity index (χ1n) is 5.82. The Balaban J connectivity index is 2.30. The van der Waals surface area contributed by atoms with Crippen molar-refractivity contribution in [3.63, 3.8) is 0 Å². The number of hydrogen-bond acceptors (Lipinski definition) is 2. The van der Waals surface area contributed by atoms with Gasteiger partial charge in [-0.25, -0.2) is 4.39 Å². The van der Waals surface area contributed by atoms with Crippen LogP contribution in [0.2, 0.25) is 0 Å². The molecule has 2 aromatic carbocycles. The lowest BCUT2D eigenvalue weighted by Gasteiger charge is -2.18. The van der Waals surface area contributed by atoms with Gasteiger partial charge in [-0.05, 0) is 48.9 Å². The molecule has 0 aliphatic rings. The van der Waals surface area contributed by atoms with Crippen LogP contribution in [-0.4, -0.2) is 18.1 Å². The molecular weight excluding hydrogens is 245 g/mol. The first-order valence-corrected chi connectivity index (χ1v) is 5.82. The zero-order valence-electron chi connectivity index (χ0n) is 10.7. The van der Waals surface area contributed by atoms with Crippen molar-refractivity contribution in [3.8, 4) is 5.75 Å². The second kappa shape index (κ2) is 5.10.